The zero-order chi connectivity index (χ0) is 41.0. The quantitative estimate of drug-likeness (QED) is 0.146. The molecule has 0 radical (unpaired) electrons. The molecule has 0 aliphatic heterocycles. The van der Waals surface area contributed by atoms with Gasteiger partial charge in [-0.25, -0.2) is 0 Å². The van der Waals surface area contributed by atoms with Gasteiger partial charge in [0.2, 0.25) is 0 Å². The Labute approximate surface area is 357 Å². The summed E-state index contributed by atoms with van der Waals surface area (Å²) in [6.07, 6.45) is 0. The summed E-state index contributed by atoms with van der Waals surface area (Å²) >= 11 is 0. The van der Waals surface area contributed by atoms with E-state index in [0.29, 0.717) is 0 Å². The highest BCUT2D eigenvalue weighted by molar-refractivity contribution is 6.21. The van der Waals surface area contributed by atoms with Gasteiger partial charge in [-0.15, -0.1) is 0 Å². The maximum atomic E-state index is 2.42. The molecule has 1 heterocycles. The number of fused-ring (bicyclic) bond motifs is 5. The molecule has 290 valence electrons. The molecule has 0 unspecified atom stereocenters. The summed E-state index contributed by atoms with van der Waals surface area (Å²) in [6, 6.07) is 78.0. The average Bonchev–Trinajstić information content (AvgIpc) is 3.62. The Morgan fingerprint density at radius 1 is 0.328 bits per heavy atom. The number of rotatable bonds is 7. The van der Waals surface area contributed by atoms with E-state index in [-0.39, 0.29) is 0 Å². The summed E-state index contributed by atoms with van der Waals surface area (Å²) in [7, 11) is 0. The summed E-state index contributed by atoms with van der Waals surface area (Å²) in [6.45, 7) is 6.53. The number of hydrogen-bond acceptors (Lipinski definition) is 1. The highest BCUT2D eigenvalue weighted by Crippen LogP contribution is 2.45. The van der Waals surface area contributed by atoms with E-state index >= 15 is 0 Å². The van der Waals surface area contributed by atoms with Crippen LogP contribution in [0.25, 0.3) is 82.4 Å². The van der Waals surface area contributed by atoms with Gasteiger partial charge in [-0.05, 0) is 153 Å². The number of benzene rings is 10. The third-order valence-electron chi connectivity index (χ3n) is 12.4. The van der Waals surface area contributed by atoms with Crippen LogP contribution in [0.3, 0.4) is 0 Å². The van der Waals surface area contributed by atoms with Crippen molar-refractivity contribution in [2.24, 2.45) is 0 Å². The average molecular weight is 781 g/mol. The van der Waals surface area contributed by atoms with Crippen molar-refractivity contribution in [1.29, 1.82) is 0 Å². The van der Waals surface area contributed by atoms with Gasteiger partial charge >= 0.3 is 0 Å². The van der Waals surface area contributed by atoms with Gasteiger partial charge in [-0.3, -0.25) is 0 Å². The van der Waals surface area contributed by atoms with Crippen LogP contribution in [0.5, 0.6) is 0 Å². The van der Waals surface area contributed by atoms with Gasteiger partial charge in [0.15, 0.2) is 0 Å². The Morgan fingerprint density at radius 3 is 1.43 bits per heavy atom. The standard InChI is InChI=1S/C59H44N2/c1-39-35-40(2)37-48(36-39)60(45-16-5-4-6-17-45)47-33-34-57-55(38-47)50-19-13-14-24-56(50)61(57)46-31-29-44(30-32-46)59-53-22-11-9-20-51(53)58(52-21-10-12-23-54(52)59)43-27-25-42(26-28-43)49-18-8-7-15-41(49)3/h4-38H,1-3H3. The first-order valence-corrected chi connectivity index (χ1v) is 21.2. The Kier molecular flexibility index (Phi) is 8.86. The van der Waals surface area contributed by atoms with Gasteiger partial charge in [0.25, 0.3) is 0 Å². The smallest absolute Gasteiger partial charge is 0.0542 e. The molecule has 0 fully saturated rings. The lowest BCUT2D eigenvalue weighted by Crippen LogP contribution is -2.10. The van der Waals surface area contributed by atoms with E-state index in [1.807, 2.05) is 0 Å². The number of aromatic nitrogens is 1. The van der Waals surface area contributed by atoms with Gasteiger partial charge in [0.1, 0.15) is 0 Å². The summed E-state index contributed by atoms with van der Waals surface area (Å²) in [5.41, 5.74) is 18.2. The van der Waals surface area contributed by atoms with Crippen molar-refractivity contribution in [3.05, 3.63) is 229 Å². The van der Waals surface area contributed by atoms with Crippen LogP contribution in [0.1, 0.15) is 16.7 Å². The lowest BCUT2D eigenvalue weighted by molar-refractivity contribution is 1.18. The Balaban J connectivity index is 1.03. The molecule has 2 heteroatoms. The van der Waals surface area contributed by atoms with Crippen LogP contribution in [-0.4, -0.2) is 4.57 Å². The van der Waals surface area contributed by atoms with E-state index in [0.717, 1.165) is 22.7 Å². The fourth-order valence-corrected chi connectivity index (χ4v) is 9.72. The first-order chi connectivity index (χ1) is 30.0. The molecule has 0 N–H and O–H groups in total. The summed E-state index contributed by atoms with van der Waals surface area (Å²) in [5.74, 6) is 0. The van der Waals surface area contributed by atoms with Crippen LogP contribution < -0.4 is 4.90 Å². The molecule has 10 aromatic carbocycles. The minimum absolute atomic E-state index is 1.13. The molecule has 2 nitrogen and oxygen atoms in total. The molecule has 0 atom stereocenters. The molecule has 0 aliphatic rings. The molecule has 0 bridgehead atoms. The minimum Gasteiger partial charge on any atom is -0.310 e. The molecule has 0 amide bonds. The first kappa shape index (κ1) is 36.4. The zero-order valence-electron chi connectivity index (χ0n) is 34.6. The van der Waals surface area contributed by atoms with E-state index in [2.05, 4.69) is 243 Å². The molecule has 11 rings (SSSR count). The zero-order valence-corrected chi connectivity index (χ0v) is 34.6. The van der Waals surface area contributed by atoms with E-state index in [9.17, 15) is 0 Å². The van der Waals surface area contributed by atoms with Crippen LogP contribution in [0.4, 0.5) is 17.1 Å². The van der Waals surface area contributed by atoms with Crippen molar-refractivity contribution in [1.82, 2.24) is 4.57 Å². The van der Waals surface area contributed by atoms with Crippen molar-refractivity contribution in [2.75, 3.05) is 4.90 Å². The monoisotopic (exact) mass is 780 g/mol. The largest absolute Gasteiger partial charge is 0.310 e. The van der Waals surface area contributed by atoms with E-state index < -0.39 is 0 Å². The van der Waals surface area contributed by atoms with Crippen LogP contribution >= 0.6 is 0 Å². The van der Waals surface area contributed by atoms with Gasteiger partial charge in [0.05, 0.1) is 11.0 Å². The summed E-state index contributed by atoms with van der Waals surface area (Å²) < 4.78 is 2.42. The lowest BCUT2D eigenvalue weighted by Gasteiger charge is -2.26. The Bertz CT molecular complexity index is 3350. The molecule has 0 saturated heterocycles. The number of aryl methyl sites for hydroxylation is 3. The first-order valence-electron chi connectivity index (χ1n) is 21.2. The highest BCUT2D eigenvalue weighted by Gasteiger charge is 2.20. The predicted octanol–water partition coefficient (Wildman–Crippen LogP) is 16.5. The van der Waals surface area contributed by atoms with Crippen molar-refractivity contribution < 1.29 is 0 Å². The molecule has 1 aromatic heterocycles. The molecule has 11 aromatic rings. The van der Waals surface area contributed by atoms with Crippen LogP contribution in [0, 0.1) is 20.8 Å². The van der Waals surface area contributed by atoms with E-state index in [1.165, 1.54) is 93.4 Å². The normalized spacial score (nSPS) is 11.5. The summed E-state index contributed by atoms with van der Waals surface area (Å²) in [5, 5.41) is 7.48. The van der Waals surface area contributed by atoms with Gasteiger partial charge < -0.3 is 9.47 Å². The van der Waals surface area contributed by atoms with Crippen LogP contribution in [0.15, 0.2) is 212 Å². The van der Waals surface area contributed by atoms with Crippen LogP contribution in [-0.2, 0) is 0 Å². The topological polar surface area (TPSA) is 8.17 Å². The van der Waals surface area contributed by atoms with E-state index in [4.69, 9.17) is 0 Å². The molecule has 61 heavy (non-hydrogen) atoms. The molecule has 0 spiro atoms. The number of nitrogens with zero attached hydrogens (tertiary/aromatic N) is 2. The van der Waals surface area contributed by atoms with Gasteiger partial charge in [-0.2, -0.15) is 0 Å². The van der Waals surface area contributed by atoms with Crippen molar-refractivity contribution >= 4 is 60.4 Å². The molecule has 0 aliphatic carbocycles. The lowest BCUT2D eigenvalue weighted by atomic mass is 9.85. The maximum Gasteiger partial charge on any atom is 0.0542 e. The SMILES string of the molecule is Cc1cc(C)cc(N(c2ccccc2)c2ccc3c(c2)c2ccccc2n3-c2ccc(-c3c4ccccc4c(-c4ccc(-c5ccccc5C)cc4)c4ccccc34)cc2)c1. The van der Waals surface area contributed by atoms with Crippen molar-refractivity contribution in [3.8, 4) is 39.1 Å². The second-order valence-electron chi connectivity index (χ2n) is 16.4. The number of hydrogen-bond donors (Lipinski definition) is 0. The Morgan fingerprint density at radius 2 is 0.820 bits per heavy atom. The number of para-hydroxylation sites is 2. The Hall–Kier alpha value is -7.68. The molecule has 0 saturated carbocycles. The fraction of sp³-hybridized carbons (Fsp3) is 0.0508. The van der Waals surface area contributed by atoms with E-state index in [1.54, 1.807) is 0 Å². The predicted molar refractivity (Wildman–Crippen MR) is 261 cm³/mol. The summed E-state index contributed by atoms with van der Waals surface area (Å²) in [4.78, 5) is 2.38. The van der Waals surface area contributed by atoms with Gasteiger partial charge in [-0.1, -0.05) is 152 Å². The van der Waals surface area contributed by atoms with Crippen molar-refractivity contribution in [2.45, 2.75) is 20.8 Å². The third kappa shape index (κ3) is 6.27. The third-order valence-corrected chi connectivity index (χ3v) is 12.4. The molecular formula is C59H44N2. The van der Waals surface area contributed by atoms with Crippen LogP contribution in [0.2, 0.25) is 0 Å². The van der Waals surface area contributed by atoms with Crippen molar-refractivity contribution in [3.63, 3.8) is 0 Å². The number of anilines is 3. The van der Waals surface area contributed by atoms with Gasteiger partial charge in [0, 0.05) is 33.5 Å². The minimum atomic E-state index is 1.13. The maximum absolute atomic E-state index is 2.42. The highest BCUT2D eigenvalue weighted by atomic mass is 15.1. The second-order valence-corrected chi connectivity index (χ2v) is 16.4. The molecular weight excluding hydrogens is 737 g/mol. The second kappa shape index (κ2) is 14.9. The fourth-order valence-electron chi connectivity index (χ4n) is 9.72.